The zero-order chi connectivity index (χ0) is 41.7. The molecule has 8 aromatic carbocycles. The molecule has 2 heterocycles. The van der Waals surface area contributed by atoms with Crippen LogP contribution in [0.4, 0.5) is 0 Å². The van der Waals surface area contributed by atoms with E-state index < -0.39 is 0 Å². The first-order chi connectivity index (χ1) is 30.7. The van der Waals surface area contributed by atoms with Gasteiger partial charge in [-0.05, 0) is 63.7 Å². The minimum atomic E-state index is 0.518. The molecule has 62 heavy (non-hydrogen) atoms. The van der Waals surface area contributed by atoms with E-state index >= 15 is 0 Å². The van der Waals surface area contributed by atoms with Crippen molar-refractivity contribution in [1.29, 1.82) is 5.26 Å². The van der Waals surface area contributed by atoms with Crippen molar-refractivity contribution in [3.63, 3.8) is 0 Å². The SMILES string of the molecule is N#Cc1cccc(-c2ccc(-c3cccc(-c4nnc(-c5ccccc5)c(-c5ccccc5)n4)c3)c(-c3cccc(-c4nnc(-c5ccccc5)c(-c5ccccc5)n4)c3)c2)c1. The largest absolute Gasteiger partial charge is 0.224 e. The molecule has 290 valence electrons. The summed E-state index contributed by atoms with van der Waals surface area (Å²) >= 11 is 0. The van der Waals surface area contributed by atoms with Gasteiger partial charge in [-0.25, -0.2) is 9.97 Å². The molecule has 0 unspecified atom stereocenters. The summed E-state index contributed by atoms with van der Waals surface area (Å²) in [5.74, 6) is 1.04. The van der Waals surface area contributed by atoms with Crippen LogP contribution in [0, 0.1) is 11.3 Å². The van der Waals surface area contributed by atoms with Gasteiger partial charge in [-0.1, -0.05) is 182 Å². The summed E-state index contributed by atoms with van der Waals surface area (Å²) in [6, 6.07) is 73.2. The van der Waals surface area contributed by atoms with Gasteiger partial charge in [0.25, 0.3) is 0 Å². The molecule has 0 fully saturated rings. The lowest BCUT2D eigenvalue weighted by Crippen LogP contribution is -2.00. The fraction of sp³-hybridized carbons (Fsp3) is 0. The molecule has 0 bridgehead atoms. The van der Waals surface area contributed by atoms with Crippen LogP contribution in [-0.4, -0.2) is 30.4 Å². The first kappa shape index (κ1) is 37.5. The zero-order valence-electron chi connectivity index (χ0n) is 33.3. The van der Waals surface area contributed by atoms with Gasteiger partial charge in [-0.2, -0.15) is 5.26 Å². The van der Waals surface area contributed by atoms with Gasteiger partial charge < -0.3 is 0 Å². The fourth-order valence-corrected chi connectivity index (χ4v) is 7.71. The van der Waals surface area contributed by atoms with Crippen molar-refractivity contribution in [1.82, 2.24) is 30.4 Å². The van der Waals surface area contributed by atoms with Gasteiger partial charge in [0, 0.05) is 33.4 Å². The number of rotatable bonds is 9. The van der Waals surface area contributed by atoms with Crippen LogP contribution >= 0.6 is 0 Å². The number of hydrogen-bond acceptors (Lipinski definition) is 7. The minimum Gasteiger partial charge on any atom is -0.224 e. The Bertz CT molecular complexity index is 3240. The van der Waals surface area contributed by atoms with E-state index in [1.165, 1.54) is 0 Å². The molecule has 2 aromatic heterocycles. The van der Waals surface area contributed by atoms with Crippen LogP contribution in [0.15, 0.2) is 212 Å². The molecular formula is C55H35N7. The van der Waals surface area contributed by atoms with Crippen molar-refractivity contribution in [3.8, 4) is 107 Å². The summed E-state index contributed by atoms with van der Waals surface area (Å²) in [6.45, 7) is 0. The lowest BCUT2D eigenvalue weighted by atomic mass is 9.89. The highest BCUT2D eigenvalue weighted by Crippen LogP contribution is 2.39. The van der Waals surface area contributed by atoms with Crippen molar-refractivity contribution < 1.29 is 0 Å². The molecule has 0 radical (unpaired) electrons. The summed E-state index contributed by atoms with van der Waals surface area (Å²) in [5.41, 5.74) is 14.9. The molecule has 0 amide bonds. The second-order valence-electron chi connectivity index (χ2n) is 14.7. The first-order valence-corrected chi connectivity index (χ1v) is 20.3. The van der Waals surface area contributed by atoms with Crippen LogP contribution in [0.25, 0.3) is 101 Å². The normalized spacial score (nSPS) is 10.9. The summed E-state index contributed by atoms with van der Waals surface area (Å²) in [6.07, 6.45) is 0. The Morgan fingerprint density at radius 2 is 0.661 bits per heavy atom. The lowest BCUT2D eigenvalue weighted by molar-refractivity contribution is 0.991. The smallest absolute Gasteiger partial charge is 0.182 e. The number of aromatic nitrogens is 6. The average molecular weight is 794 g/mol. The maximum absolute atomic E-state index is 9.74. The van der Waals surface area contributed by atoms with Crippen LogP contribution in [0.2, 0.25) is 0 Å². The van der Waals surface area contributed by atoms with Gasteiger partial charge in [0.15, 0.2) is 11.6 Å². The Morgan fingerprint density at radius 1 is 0.274 bits per heavy atom. The van der Waals surface area contributed by atoms with Gasteiger partial charge in [-0.15, -0.1) is 20.4 Å². The molecule has 0 aliphatic carbocycles. The third kappa shape index (κ3) is 7.63. The molecule has 0 spiro atoms. The lowest BCUT2D eigenvalue weighted by Gasteiger charge is -2.15. The summed E-state index contributed by atoms with van der Waals surface area (Å²) in [5, 5.41) is 28.7. The molecule has 0 saturated carbocycles. The van der Waals surface area contributed by atoms with E-state index in [4.69, 9.17) is 25.3 Å². The molecular weight excluding hydrogens is 759 g/mol. The van der Waals surface area contributed by atoms with Crippen molar-refractivity contribution >= 4 is 0 Å². The Kier molecular flexibility index (Phi) is 10.2. The van der Waals surface area contributed by atoms with E-state index in [-0.39, 0.29) is 0 Å². The predicted octanol–water partition coefficient (Wildman–Crippen LogP) is 12.9. The highest BCUT2D eigenvalue weighted by atomic mass is 15.2. The minimum absolute atomic E-state index is 0.518. The predicted molar refractivity (Wildman–Crippen MR) is 247 cm³/mol. The van der Waals surface area contributed by atoms with Crippen LogP contribution in [-0.2, 0) is 0 Å². The van der Waals surface area contributed by atoms with E-state index in [1.54, 1.807) is 0 Å². The first-order valence-electron chi connectivity index (χ1n) is 20.3. The Labute approximate surface area is 359 Å². The van der Waals surface area contributed by atoms with Gasteiger partial charge in [-0.3, -0.25) is 0 Å². The number of nitriles is 1. The van der Waals surface area contributed by atoms with E-state index in [0.29, 0.717) is 17.2 Å². The van der Waals surface area contributed by atoms with E-state index in [9.17, 15) is 5.26 Å². The van der Waals surface area contributed by atoms with Crippen molar-refractivity contribution in [2.45, 2.75) is 0 Å². The van der Waals surface area contributed by atoms with Crippen LogP contribution in [0.5, 0.6) is 0 Å². The second kappa shape index (κ2) is 16.9. The summed E-state index contributed by atoms with van der Waals surface area (Å²) < 4.78 is 0. The second-order valence-corrected chi connectivity index (χ2v) is 14.7. The number of benzene rings is 8. The number of hydrogen-bond donors (Lipinski definition) is 0. The monoisotopic (exact) mass is 793 g/mol. The Hall–Kier alpha value is -8.73. The highest BCUT2D eigenvalue weighted by Gasteiger charge is 2.19. The molecule has 0 saturated heterocycles. The molecule has 10 aromatic rings. The summed E-state index contributed by atoms with van der Waals surface area (Å²) in [4.78, 5) is 10.3. The standard InChI is InChI=1S/C55H35N7/c56-36-37-16-13-25-42(32-37)43-30-31-48(44-26-14-28-46(33-44)54-57-50(38-17-5-1-6-18-38)52(59-61-54)40-21-9-3-10-22-40)49(35-43)45-27-15-29-47(34-45)55-58-51(39-19-7-2-8-20-39)53(60-62-55)41-23-11-4-12-24-41/h1-35H. The van der Waals surface area contributed by atoms with Crippen molar-refractivity contribution in [3.05, 3.63) is 218 Å². The average Bonchev–Trinajstić information content (AvgIpc) is 3.37. The van der Waals surface area contributed by atoms with E-state index in [2.05, 4.69) is 53.6 Å². The van der Waals surface area contributed by atoms with Crippen molar-refractivity contribution in [2.24, 2.45) is 0 Å². The quantitative estimate of drug-likeness (QED) is 0.143. The third-order valence-electron chi connectivity index (χ3n) is 10.8. The molecule has 7 heteroatoms. The molecule has 7 nitrogen and oxygen atoms in total. The molecule has 0 aliphatic heterocycles. The van der Waals surface area contributed by atoms with E-state index in [0.717, 1.165) is 89.5 Å². The van der Waals surface area contributed by atoms with Crippen molar-refractivity contribution in [2.75, 3.05) is 0 Å². The van der Waals surface area contributed by atoms with Crippen LogP contribution < -0.4 is 0 Å². The molecule has 0 aliphatic rings. The van der Waals surface area contributed by atoms with E-state index in [1.807, 2.05) is 170 Å². The molecule has 0 atom stereocenters. The molecule has 0 N–H and O–H groups in total. The van der Waals surface area contributed by atoms with Gasteiger partial charge in [0.2, 0.25) is 0 Å². The summed E-state index contributed by atoms with van der Waals surface area (Å²) in [7, 11) is 0. The number of nitrogens with zero attached hydrogens (tertiary/aromatic N) is 7. The van der Waals surface area contributed by atoms with Gasteiger partial charge in [0.05, 0.1) is 11.6 Å². The Morgan fingerprint density at radius 3 is 1.15 bits per heavy atom. The molecule has 10 rings (SSSR count). The van der Waals surface area contributed by atoms with Gasteiger partial charge in [0.1, 0.15) is 22.8 Å². The van der Waals surface area contributed by atoms with Crippen LogP contribution in [0.1, 0.15) is 5.56 Å². The maximum Gasteiger partial charge on any atom is 0.182 e. The zero-order valence-corrected chi connectivity index (χ0v) is 33.3. The van der Waals surface area contributed by atoms with Crippen LogP contribution in [0.3, 0.4) is 0 Å². The fourth-order valence-electron chi connectivity index (χ4n) is 7.71. The highest BCUT2D eigenvalue weighted by molar-refractivity contribution is 5.90. The third-order valence-corrected chi connectivity index (χ3v) is 10.8. The maximum atomic E-state index is 9.74. The Balaban J connectivity index is 1.10. The van der Waals surface area contributed by atoms with Gasteiger partial charge >= 0.3 is 0 Å². The topological polar surface area (TPSA) is 101 Å².